The third-order valence-corrected chi connectivity index (χ3v) is 10.1. The van der Waals surface area contributed by atoms with E-state index in [1.54, 1.807) is 6.07 Å². The molecule has 0 spiro atoms. The van der Waals surface area contributed by atoms with Crippen LogP contribution in [0.5, 0.6) is 0 Å². The first-order chi connectivity index (χ1) is 23.2. The van der Waals surface area contributed by atoms with Crippen molar-refractivity contribution in [1.29, 1.82) is 5.26 Å². The van der Waals surface area contributed by atoms with Gasteiger partial charge >= 0.3 is 0 Å². The predicted molar refractivity (Wildman–Crippen MR) is 190 cm³/mol. The maximum atomic E-state index is 16.3. The van der Waals surface area contributed by atoms with Crippen molar-refractivity contribution in [3.8, 4) is 28.5 Å². The first-order valence-electron chi connectivity index (χ1n) is 15.6. The summed E-state index contributed by atoms with van der Waals surface area (Å²) in [5.41, 5.74) is 7.22. The summed E-state index contributed by atoms with van der Waals surface area (Å²) in [6, 6.07) is 50.7. The number of halogens is 1. The second-order valence-electron chi connectivity index (χ2n) is 12.0. The first-order valence-corrected chi connectivity index (χ1v) is 17.4. The van der Waals surface area contributed by atoms with Crippen LogP contribution in [0, 0.1) is 24.1 Å². The lowest BCUT2D eigenvalue weighted by molar-refractivity contribution is 0.536. The maximum Gasteiger partial charge on any atom is 0.175 e. The molecular weight excluding hydrogens is 616 g/mol. The number of aromatic nitrogens is 1. The van der Waals surface area contributed by atoms with Crippen molar-refractivity contribution in [2.75, 3.05) is 6.26 Å². The van der Waals surface area contributed by atoms with Crippen LogP contribution < -0.4 is 0 Å². The number of rotatable bonds is 7. The highest BCUT2D eigenvalue weighted by atomic mass is 32.2. The summed E-state index contributed by atoms with van der Waals surface area (Å²) in [6.07, 6.45) is 1.08. The highest BCUT2D eigenvalue weighted by Gasteiger charge is 2.41. The Labute approximate surface area is 279 Å². The fourth-order valence-corrected chi connectivity index (χ4v) is 7.49. The third-order valence-electron chi connectivity index (χ3n) is 9.02. The zero-order valence-corrected chi connectivity index (χ0v) is 27.2. The first kappa shape index (κ1) is 30.9. The quantitative estimate of drug-likeness (QED) is 0.162. The molecule has 6 heteroatoms. The molecule has 0 radical (unpaired) electrons. The van der Waals surface area contributed by atoms with Crippen LogP contribution in [0.1, 0.15) is 27.8 Å². The second-order valence-corrected chi connectivity index (χ2v) is 14.0. The fourth-order valence-electron chi connectivity index (χ4n) is 6.86. The van der Waals surface area contributed by atoms with E-state index in [2.05, 4.69) is 65.2 Å². The lowest BCUT2D eigenvalue weighted by Crippen LogP contribution is -2.38. The number of nitrogens with zero attached hydrogens (tertiary/aromatic N) is 2. The van der Waals surface area contributed by atoms with Gasteiger partial charge in [0.1, 0.15) is 11.4 Å². The van der Waals surface area contributed by atoms with E-state index in [0.29, 0.717) is 11.3 Å². The number of nitriles is 1. The van der Waals surface area contributed by atoms with Crippen LogP contribution in [0.3, 0.4) is 0 Å². The summed E-state index contributed by atoms with van der Waals surface area (Å²) in [4.78, 5) is -0.0783. The minimum Gasteiger partial charge on any atom is -0.322 e. The molecule has 0 saturated carbocycles. The summed E-state index contributed by atoms with van der Waals surface area (Å²) in [5.74, 6) is -0.631. The molecule has 0 bridgehead atoms. The third kappa shape index (κ3) is 5.19. The van der Waals surface area contributed by atoms with Crippen molar-refractivity contribution in [3.63, 3.8) is 0 Å². The highest BCUT2D eigenvalue weighted by molar-refractivity contribution is 7.90. The summed E-state index contributed by atoms with van der Waals surface area (Å²) in [6.45, 7) is 1.99. The summed E-state index contributed by atoms with van der Waals surface area (Å²) >= 11 is 0. The number of benzene rings is 6. The largest absolute Gasteiger partial charge is 0.322 e. The number of hydrogen-bond acceptors (Lipinski definition) is 3. The van der Waals surface area contributed by atoms with E-state index in [9.17, 15) is 13.7 Å². The Morgan fingerprint density at radius 1 is 0.667 bits per heavy atom. The average Bonchev–Trinajstić information content (AvgIpc) is 3.48. The Kier molecular flexibility index (Phi) is 7.79. The number of hydrogen-bond donors (Lipinski definition) is 0. The number of aryl methyl sites for hydroxylation is 1. The van der Waals surface area contributed by atoms with Crippen LogP contribution in [0.2, 0.25) is 0 Å². The zero-order chi connectivity index (χ0) is 33.5. The Morgan fingerprint density at radius 3 is 1.73 bits per heavy atom. The Hall–Kier alpha value is -5.77. The van der Waals surface area contributed by atoms with Crippen LogP contribution in [-0.4, -0.2) is 19.2 Å². The topological polar surface area (TPSA) is 62.9 Å². The van der Waals surface area contributed by atoms with Crippen LogP contribution in [0.4, 0.5) is 4.39 Å². The van der Waals surface area contributed by atoms with Gasteiger partial charge in [0.25, 0.3) is 0 Å². The maximum absolute atomic E-state index is 16.3. The number of fused-ring (bicyclic) bond motifs is 1. The molecule has 1 heterocycles. The van der Waals surface area contributed by atoms with Crippen LogP contribution in [-0.2, 0) is 15.4 Å². The normalized spacial score (nSPS) is 11.8. The summed E-state index contributed by atoms with van der Waals surface area (Å²) in [5, 5.41) is 10.3. The monoisotopic (exact) mass is 646 g/mol. The molecule has 0 unspecified atom stereocenters. The molecule has 4 nitrogen and oxygen atoms in total. The molecule has 7 rings (SSSR count). The second kappa shape index (κ2) is 12.1. The van der Waals surface area contributed by atoms with Gasteiger partial charge < -0.3 is 4.57 Å². The molecule has 7 aromatic rings. The van der Waals surface area contributed by atoms with Gasteiger partial charge in [-0.3, -0.25) is 0 Å². The molecule has 0 amide bonds. The zero-order valence-electron chi connectivity index (χ0n) is 26.4. The van der Waals surface area contributed by atoms with E-state index in [1.165, 1.54) is 6.07 Å². The highest BCUT2D eigenvalue weighted by Crippen LogP contribution is 2.47. The molecule has 234 valence electrons. The van der Waals surface area contributed by atoms with Crippen molar-refractivity contribution < 1.29 is 12.8 Å². The van der Waals surface area contributed by atoms with Crippen molar-refractivity contribution in [2.24, 2.45) is 0 Å². The predicted octanol–water partition coefficient (Wildman–Crippen LogP) is 9.54. The van der Waals surface area contributed by atoms with Crippen molar-refractivity contribution >= 4 is 20.7 Å². The van der Waals surface area contributed by atoms with Gasteiger partial charge in [-0.2, -0.15) is 5.26 Å². The smallest absolute Gasteiger partial charge is 0.175 e. The summed E-state index contributed by atoms with van der Waals surface area (Å²) in [7, 11) is -3.63. The Bertz CT molecular complexity index is 2350. The molecule has 0 fully saturated rings. The molecule has 0 saturated heterocycles. The molecule has 0 aliphatic heterocycles. The van der Waals surface area contributed by atoms with E-state index >= 15 is 4.39 Å². The minimum absolute atomic E-state index is 0.0783. The van der Waals surface area contributed by atoms with Crippen LogP contribution in [0.25, 0.3) is 33.3 Å². The molecule has 0 aliphatic rings. The van der Waals surface area contributed by atoms with Crippen molar-refractivity contribution in [3.05, 3.63) is 185 Å². The molecule has 0 aliphatic carbocycles. The molecule has 48 heavy (non-hydrogen) atoms. The van der Waals surface area contributed by atoms with E-state index < -0.39 is 21.2 Å². The van der Waals surface area contributed by atoms with Crippen LogP contribution in [0.15, 0.2) is 157 Å². The minimum atomic E-state index is -3.63. The fraction of sp³-hybridized carbons (Fsp3) is 0.0714. The lowest BCUT2D eigenvalue weighted by atomic mass is 9.76. The molecule has 0 atom stereocenters. The van der Waals surface area contributed by atoms with Gasteiger partial charge in [0, 0.05) is 22.7 Å². The van der Waals surface area contributed by atoms with Crippen molar-refractivity contribution in [2.45, 2.75) is 17.4 Å². The van der Waals surface area contributed by atoms with Gasteiger partial charge in [0.15, 0.2) is 9.84 Å². The number of sulfone groups is 1. The Balaban J connectivity index is 1.64. The van der Waals surface area contributed by atoms with E-state index in [0.717, 1.165) is 56.6 Å². The lowest BCUT2D eigenvalue weighted by Gasteiger charge is -2.40. The van der Waals surface area contributed by atoms with Gasteiger partial charge in [-0.05, 0) is 88.8 Å². The van der Waals surface area contributed by atoms with Gasteiger partial charge in [-0.1, -0.05) is 103 Å². The summed E-state index contributed by atoms with van der Waals surface area (Å²) < 4.78 is 43.3. The van der Waals surface area contributed by atoms with E-state index in [1.807, 2.05) is 85.8 Å². The van der Waals surface area contributed by atoms with Crippen LogP contribution >= 0.6 is 0 Å². The van der Waals surface area contributed by atoms with E-state index in [-0.39, 0.29) is 10.5 Å². The average molecular weight is 647 g/mol. The van der Waals surface area contributed by atoms with Gasteiger partial charge in [0.05, 0.1) is 22.2 Å². The van der Waals surface area contributed by atoms with E-state index in [4.69, 9.17) is 0 Å². The Morgan fingerprint density at radius 2 is 1.23 bits per heavy atom. The standard InChI is InChI=1S/C42H31FN2O2S/c1-29-24-30(28-44)18-21-37(29)31-19-23-40-32(25-31)26-41(38-22-20-36(27-39(38)43)48(2,46)47)45(40)42(33-12-6-3-7-13-33,34-14-8-4-9-15-34)35-16-10-5-11-17-35/h3-27H,1-2H3. The SMILES string of the molecule is Cc1cc(C#N)ccc1-c1ccc2c(c1)cc(-c1ccc(S(C)(=O)=O)cc1F)n2C(c1ccccc1)(c1ccccc1)c1ccccc1. The van der Waals surface area contributed by atoms with Gasteiger partial charge in [-0.25, -0.2) is 12.8 Å². The molecule has 0 N–H and O–H groups in total. The van der Waals surface area contributed by atoms with Gasteiger partial charge in [-0.15, -0.1) is 0 Å². The van der Waals surface area contributed by atoms with Crippen molar-refractivity contribution in [1.82, 2.24) is 4.57 Å². The molecular formula is C42H31FN2O2S. The molecule has 6 aromatic carbocycles. The van der Waals surface area contributed by atoms with Gasteiger partial charge in [0.2, 0.25) is 0 Å². The molecule has 1 aromatic heterocycles.